The molecule has 1 N–H and O–H groups in total. The Hall–Kier alpha value is -0.810. The van der Waals surface area contributed by atoms with Crippen molar-refractivity contribution >= 4 is 6.09 Å². The Kier molecular flexibility index (Phi) is 4.12. The molecule has 1 unspecified atom stereocenters. The number of hydrogen-bond acceptors (Lipinski definition) is 4. The van der Waals surface area contributed by atoms with Crippen molar-refractivity contribution in [3.05, 3.63) is 0 Å². The van der Waals surface area contributed by atoms with E-state index >= 15 is 0 Å². The molecule has 2 aliphatic heterocycles. The minimum Gasteiger partial charge on any atom is -0.444 e. The van der Waals surface area contributed by atoms with Gasteiger partial charge in [-0.2, -0.15) is 0 Å². The predicted octanol–water partition coefficient (Wildman–Crippen LogP) is 0.901. The van der Waals surface area contributed by atoms with Crippen molar-refractivity contribution in [1.82, 2.24) is 15.1 Å². The molecular formula is C13H25N3O2. The van der Waals surface area contributed by atoms with Gasteiger partial charge in [-0.25, -0.2) is 4.79 Å². The van der Waals surface area contributed by atoms with Gasteiger partial charge in [0.15, 0.2) is 0 Å². The van der Waals surface area contributed by atoms with Crippen LogP contribution in [0, 0.1) is 0 Å². The Morgan fingerprint density at radius 1 is 1.22 bits per heavy atom. The van der Waals surface area contributed by atoms with Crippen molar-refractivity contribution in [2.45, 2.75) is 38.8 Å². The first kappa shape index (κ1) is 13.6. The minimum atomic E-state index is -0.404. The molecule has 0 saturated carbocycles. The van der Waals surface area contributed by atoms with Gasteiger partial charge in [-0.1, -0.05) is 0 Å². The molecule has 0 aromatic rings. The fraction of sp³-hybridized carbons (Fsp3) is 0.923. The summed E-state index contributed by atoms with van der Waals surface area (Å²) in [5, 5.41) is 3.41. The van der Waals surface area contributed by atoms with E-state index in [0.29, 0.717) is 6.04 Å². The SMILES string of the molecule is CC(C)(C)OC(=O)N1CCN2CCNCCC2C1. The summed E-state index contributed by atoms with van der Waals surface area (Å²) < 4.78 is 5.44. The number of fused-ring (bicyclic) bond motifs is 1. The van der Waals surface area contributed by atoms with E-state index in [1.165, 1.54) is 0 Å². The van der Waals surface area contributed by atoms with E-state index in [1.54, 1.807) is 0 Å². The largest absolute Gasteiger partial charge is 0.444 e. The number of amides is 1. The smallest absolute Gasteiger partial charge is 0.410 e. The average Bonchev–Trinajstić information content (AvgIpc) is 2.50. The quantitative estimate of drug-likeness (QED) is 0.698. The molecule has 1 amide bonds. The van der Waals surface area contributed by atoms with Gasteiger partial charge in [0.1, 0.15) is 5.60 Å². The highest BCUT2D eigenvalue weighted by atomic mass is 16.6. The van der Waals surface area contributed by atoms with E-state index in [-0.39, 0.29) is 6.09 Å². The Labute approximate surface area is 109 Å². The molecule has 1 atom stereocenters. The molecule has 5 nitrogen and oxygen atoms in total. The summed E-state index contributed by atoms with van der Waals surface area (Å²) in [6.07, 6.45) is 0.943. The van der Waals surface area contributed by atoms with Crippen molar-refractivity contribution in [3.8, 4) is 0 Å². The van der Waals surface area contributed by atoms with Crippen molar-refractivity contribution in [2.75, 3.05) is 39.3 Å². The minimum absolute atomic E-state index is 0.167. The summed E-state index contributed by atoms with van der Waals surface area (Å²) in [5.41, 5.74) is -0.404. The molecule has 0 aromatic carbocycles. The first-order valence-corrected chi connectivity index (χ1v) is 6.88. The van der Waals surface area contributed by atoms with Gasteiger partial charge < -0.3 is 15.0 Å². The molecule has 2 rings (SSSR count). The van der Waals surface area contributed by atoms with Crippen LogP contribution in [0.4, 0.5) is 4.79 Å². The van der Waals surface area contributed by atoms with E-state index in [1.807, 2.05) is 25.7 Å². The van der Waals surface area contributed by atoms with Crippen molar-refractivity contribution < 1.29 is 9.53 Å². The molecule has 0 aromatic heterocycles. The lowest BCUT2D eigenvalue weighted by Gasteiger charge is -2.40. The maximum absolute atomic E-state index is 12.0. The monoisotopic (exact) mass is 255 g/mol. The van der Waals surface area contributed by atoms with E-state index in [2.05, 4.69) is 10.2 Å². The zero-order valence-electron chi connectivity index (χ0n) is 11.7. The van der Waals surface area contributed by atoms with Crippen LogP contribution >= 0.6 is 0 Å². The zero-order valence-corrected chi connectivity index (χ0v) is 11.7. The second-order valence-corrected chi connectivity index (χ2v) is 6.15. The third kappa shape index (κ3) is 3.59. The summed E-state index contributed by atoms with van der Waals surface area (Å²) in [6, 6.07) is 0.487. The highest BCUT2D eigenvalue weighted by Crippen LogP contribution is 2.17. The maximum Gasteiger partial charge on any atom is 0.410 e. The molecule has 18 heavy (non-hydrogen) atoms. The van der Waals surface area contributed by atoms with Gasteiger partial charge in [-0.15, -0.1) is 0 Å². The molecule has 0 aliphatic carbocycles. The fourth-order valence-corrected chi connectivity index (χ4v) is 2.57. The fourth-order valence-electron chi connectivity index (χ4n) is 2.57. The molecule has 0 radical (unpaired) electrons. The number of ether oxygens (including phenoxy) is 1. The van der Waals surface area contributed by atoms with Crippen LogP contribution in [0.5, 0.6) is 0 Å². The first-order valence-electron chi connectivity index (χ1n) is 6.88. The number of rotatable bonds is 0. The van der Waals surface area contributed by atoms with Crippen LogP contribution in [0.1, 0.15) is 27.2 Å². The lowest BCUT2D eigenvalue weighted by atomic mass is 10.1. The Morgan fingerprint density at radius 2 is 2.00 bits per heavy atom. The normalized spacial score (nSPS) is 26.4. The lowest BCUT2D eigenvalue weighted by Crippen LogP contribution is -2.55. The molecule has 5 heteroatoms. The summed E-state index contributed by atoms with van der Waals surface area (Å²) >= 11 is 0. The van der Waals surface area contributed by atoms with E-state index in [4.69, 9.17) is 4.74 Å². The molecule has 2 aliphatic rings. The van der Waals surface area contributed by atoms with Crippen LogP contribution in [-0.2, 0) is 4.74 Å². The van der Waals surface area contributed by atoms with Crippen LogP contribution in [0.2, 0.25) is 0 Å². The molecule has 2 fully saturated rings. The first-order chi connectivity index (χ1) is 8.46. The van der Waals surface area contributed by atoms with E-state index < -0.39 is 5.60 Å². The maximum atomic E-state index is 12.0. The molecular weight excluding hydrogens is 230 g/mol. The highest BCUT2D eigenvalue weighted by molar-refractivity contribution is 5.68. The van der Waals surface area contributed by atoms with Gasteiger partial charge in [0.2, 0.25) is 0 Å². The van der Waals surface area contributed by atoms with Crippen molar-refractivity contribution in [1.29, 1.82) is 0 Å². The number of carbonyl (C=O) groups is 1. The van der Waals surface area contributed by atoms with E-state index in [0.717, 1.165) is 45.7 Å². The van der Waals surface area contributed by atoms with E-state index in [9.17, 15) is 4.79 Å². The molecule has 0 bridgehead atoms. The Balaban J connectivity index is 1.91. The second kappa shape index (κ2) is 5.45. The predicted molar refractivity (Wildman–Crippen MR) is 70.7 cm³/mol. The van der Waals surface area contributed by atoms with Gasteiger partial charge in [-0.05, 0) is 33.7 Å². The highest BCUT2D eigenvalue weighted by Gasteiger charge is 2.32. The zero-order chi connectivity index (χ0) is 13.2. The second-order valence-electron chi connectivity index (χ2n) is 6.15. The standard InChI is InChI=1S/C13H25N3O2/c1-13(2,3)18-12(17)16-9-8-15-7-6-14-5-4-11(15)10-16/h11,14H,4-10H2,1-3H3. The summed E-state index contributed by atoms with van der Waals surface area (Å²) in [4.78, 5) is 16.4. The number of nitrogens with one attached hydrogen (secondary N) is 1. The van der Waals surface area contributed by atoms with Gasteiger partial charge in [0, 0.05) is 38.8 Å². The Morgan fingerprint density at radius 3 is 2.72 bits per heavy atom. The van der Waals surface area contributed by atoms with Gasteiger partial charge >= 0.3 is 6.09 Å². The summed E-state index contributed by atoms with van der Waals surface area (Å²) in [7, 11) is 0. The number of nitrogens with zero attached hydrogens (tertiary/aromatic N) is 2. The van der Waals surface area contributed by atoms with Crippen molar-refractivity contribution in [3.63, 3.8) is 0 Å². The third-order valence-electron chi connectivity index (χ3n) is 3.49. The number of carbonyl (C=O) groups excluding carboxylic acids is 1. The van der Waals surface area contributed by atoms with Crippen LogP contribution in [0.25, 0.3) is 0 Å². The topological polar surface area (TPSA) is 44.8 Å². The van der Waals surface area contributed by atoms with Gasteiger partial charge in [0.25, 0.3) is 0 Å². The van der Waals surface area contributed by atoms with Crippen LogP contribution < -0.4 is 5.32 Å². The number of piperazine rings is 1. The average molecular weight is 255 g/mol. The Bertz CT molecular complexity index is 301. The van der Waals surface area contributed by atoms with Gasteiger partial charge in [0.05, 0.1) is 0 Å². The molecule has 0 spiro atoms. The lowest BCUT2D eigenvalue weighted by molar-refractivity contribution is 0.00479. The van der Waals surface area contributed by atoms with Crippen LogP contribution in [0.3, 0.4) is 0 Å². The number of hydrogen-bond donors (Lipinski definition) is 1. The molecule has 104 valence electrons. The van der Waals surface area contributed by atoms with Gasteiger partial charge in [-0.3, -0.25) is 4.90 Å². The third-order valence-corrected chi connectivity index (χ3v) is 3.49. The summed E-state index contributed by atoms with van der Waals surface area (Å²) in [6.45, 7) is 11.5. The van der Waals surface area contributed by atoms with Crippen LogP contribution in [-0.4, -0.2) is 66.8 Å². The van der Waals surface area contributed by atoms with Crippen LogP contribution in [0.15, 0.2) is 0 Å². The molecule has 2 saturated heterocycles. The van der Waals surface area contributed by atoms with Crippen molar-refractivity contribution in [2.24, 2.45) is 0 Å². The summed E-state index contributed by atoms with van der Waals surface area (Å²) in [5.74, 6) is 0. The molecule has 2 heterocycles.